The maximum atomic E-state index is 14.5. The van der Waals surface area contributed by atoms with Crippen LogP contribution in [0.25, 0.3) is 0 Å². The minimum atomic E-state index is -4.78. The van der Waals surface area contributed by atoms with Gasteiger partial charge in [0, 0.05) is 19.0 Å². The second-order valence-corrected chi connectivity index (χ2v) is 13.9. The van der Waals surface area contributed by atoms with Gasteiger partial charge in [0.1, 0.15) is 18.4 Å². The highest BCUT2D eigenvalue weighted by Gasteiger charge is 2.37. The van der Waals surface area contributed by atoms with Crippen molar-refractivity contribution in [1.82, 2.24) is 10.2 Å². The number of sulfonamides is 1. The largest absolute Gasteiger partial charge is 0.416 e. The summed E-state index contributed by atoms with van der Waals surface area (Å²) in [5, 5.41) is 3.08. The van der Waals surface area contributed by atoms with Gasteiger partial charge in [0.15, 0.2) is 0 Å². The summed E-state index contributed by atoms with van der Waals surface area (Å²) < 4.78 is 84.0. The molecule has 4 aromatic carbocycles. The topological polar surface area (TPSA) is 86.8 Å². The van der Waals surface area contributed by atoms with Crippen molar-refractivity contribution in [3.8, 4) is 0 Å². The van der Waals surface area contributed by atoms with Gasteiger partial charge in [0.25, 0.3) is 10.0 Å². The van der Waals surface area contributed by atoms with E-state index in [1.165, 1.54) is 59.5 Å². The fraction of sp³-hybridized carbons (Fsp3) is 0.297. The van der Waals surface area contributed by atoms with Crippen LogP contribution < -0.4 is 9.62 Å². The zero-order valence-corrected chi connectivity index (χ0v) is 27.5. The Labute approximate surface area is 283 Å². The third kappa shape index (κ3) is 9.26. The highest BCUT2D eigenvalue weighted by molar-refractivity contribution is 7.92. The number of amides is 2. The molecule has 0 bridgehead atoms. The number of anilines is 1. The molecule has 4 aromatic rings. The number of nitrogens with zero attached hydrogens (tertiary/aromatic N) is 2. The summed E-state index contributed by atoms with van der Waals surface area (Å²) in [6, 6.07) is 23.9. The van der Waals surface area contributed by atoms with Gasteiger partial charge in [0.05, 0.1) is 16.1 Å². The summed E-state index contributed by atoms with van der Waals surface area (Å²) >= 11 is 0. The number of nitrogens with one attached hydrogen (secondary N) is 1. The standard InChI is InChI=1S/C37H37F4N3O4S/c38-30-21-19-28(20-22-30)25-43(34(23-27-11-4-1-5-12-27)36(46)42-31-14-6-2-7-15-31)35(45)26-44(49(47,48)33-17-8-3-9-18-33)32-16-10-13-29(24-32)37(39,40)41/h1,3-5,8-13,16-22,24,31,34H,2,6-7,14-15,23,25-26H2,(H,42,46)/t34-/m1/s1. The summed E-state index contributed by atoms with van der Waals surface area (Å²) in [6.07, 6.45) is -0.235. The molecule has 7 nitrogen and oxygen atoms in total. The van der Waals surface area contributed by atoms with Crippen molar-refractivity contribution in [2.75, 3.05) is 10.8 Å². The highest BCUT2D eigenvalue weighted by Crippen LogP contribution is 2.33. The fourth-order valence-electron chi connectivity index (χ4n) is 5.97. The van der Waals surface area contributed by atoms with Crippen LogP contribution in [0.4, 0.5) is 23.2 Å². The van der Waals surface area contributed by atoms with Gasteiger partial charge in [0.2, 0.25) is 11.8 Å². The Kier molecular flexibility index (Phi) is 11.4. The third-order valence-electron chi connectivity index (χ3n) is 8.56. The van der Waals surface area contributed by atoms with E-state index in [0.29, 0.717) is 15.9 Å². The average Bonchev–Trinajstić information content (AvgIpc) is 3.10. The summed E-state index contributed by atoms with van der Waals surface area (Å²) in [7, 11) is -4.58. The molecule has 2 amide bonds. The Hall–Kier alpha value is -4.71. The van der Waals surface area contributed by atoms with E-state index in [4.69, 9.17) is 0 Å². The number of benzene rings is 4. The van der Waals surface area contributed by atoms with Crippen LogP contribution in [0.2, 0.25) is 0 Å². The van der Waals surface area contributed by atoms with E-state index in [1.807, 2.05) is 6.07 Å². The Bertz CT molecular complexity index is 1820. The van der Waals surface area contributed by atoms with Crippen molar-refractivity contribution >= 4 is 27.5 Å². The molecule has 1 N–H and O–H groups in total. The van der Waals surface area contributed by atoms with Crippen molar-refractivity contribution in [3.05, 3.63) is 132 Å². The molecule has 258 valence electrons. The number of hydrogen-bond donors (Lipinski definition) is 1. The molecule has 0 radical (unpaired) electrons. The van der Waals surface area contributed by atoms with Crippen LogP contribution in [0.1, 0.15) is 48.8 Å². The zero-order chi connectivity index (χ0) is 35.0. The van der Waals surface area contributed by atoms with Crippen molar-refractivity contribution in [1.29, 1.82) is 0 Å². The van der Waals surface area contributed by atoms with Crippen LogP contribution in [-0.2, 0) is 38.8 Å². The molecule has 1 saturated carbocycles. The SMILES string of the molecule is O=C(NC1CCCCC1)[C@@H](Cc1ccccc1)N(Cc1ccc(F)cc1)C(=O)CN(c1cccc(C(F)(F)F)c1)S(=O)(=O)c1ccccc1. The first-order valence-corrected chi connectivity index (χ1v) is 17.5. The number of rotatable bonds is 12. The molecule has 0 unspecified atom stereocenters. The lowest BCUT2D eigenvalue weighted by Gasteiger charge is -2.35. The summed E-state index contributed by atoms with van der Waals surface area (Å²) in [5.74, 6) is -1.79. The van der Waals surface area contributed by atoms with Crippen LogP contribution in [0.5, 0.6) is 0 Å². The molecule has 5 rings (SSSR count). The van der Waals surface area contributed by atoms with Gasteiger partial charge < -0.3 is 10.2 Å². The van der Waals surface area contributed by atoms with E-state index in [9.17, 15) is 35.6 Å². The molecule has 1 fully saturated rings. The molecular weight excluding hydrogens is 658 g/mol. The average molecular weight is 696 g/mol. The second kappa shape index (κ2) is 15.7. The van der Waals surface area contributed by atoms with Crippen LogP contribution in [0.3, 0.4) is 0 Å². The first kappa shape index (κ1) is 35.6. The van der Waals surface area contributed by atoms with Crippen LogP contribution in [0.15, 0.2) is 114 Å². The van der Waals surface area contributed by atoms with Crippen molar-refractivity contribution in [2.45, 2.75) is 68.2 Å². The molecule has 12 heteroatoms. The van der Waals surface area contributed by atoms with Crippen LogP contribution in [0, 0.1) is 5.82 Å². The van der Waals surface area contributed by atoms with Crippen molar-refractivity contribution < 1.29 is 35.6 Å². The monoisotopic (exact) mass is 695 g/mol. The van der Waals surface area contributed by atoms with Gasteiger partial charge in [-0.25, -0.2) is 12.8 Å². The van der Waals surface area contributed by atoms with Crippen LogP contribution >= 0.6 is 0 Å². The van der Waals surface area contributed by atoms with Gasteiger partial charge in [-0.15, -0.1) is 0 Å². The molecular formula is C37H37F4N3O4S. The normalized spacial score (nSPS) is 14.5. The summed E-state index contributed by atoms with van der Waals surface area (Å²) in [5.41, 5.74) is -0.271. The Morgan fingerprint density at radius 1 is 0.796 bits per heavy atom. The van der Waals surface area contributed by atoms with Gasteiger partial charge in [-0.2, -0.15) is 13.2 Å². The van der Waals surface area contributed by atoms with Gasteiger partial charge in [-0.05, 0) is 66.4 Å². The number of carbonyl (C=O) groups is 2. The Morgan fingerprint density at radius 3 is 2.06 bits per heavy atom. The molecule has 1 aliphatic rings. The number of alkyl halides is 3. The van der Waals surface area contributed by atoms with Crippen molar-refractivity contribution in [2.24, 2.45) is 0 Å². The first-order chi connectivity index (χ1) is 23.4. The molecule has 1 aliphatic carbocycles. The lowest BCUT2D eigenvalue weighted by Crippen LogP contribution is -2.55. The van der Waals surface area contributed by atoms with E-state index < -0.39 is 52.0 Å². The fourth-order valence-corrected chi connectivity index (χ4v) is 7.40. The van der Waals surface area contributed by atoms with Gasteiger partial charge in [-0.3, -0.25) is 13.9 Å². The second-order valence-electron chi connectivity index (χ2n) is 12.1. The van der Waals surface area contributed by atoms with E-state index in [-0.39, 0.29) is 29.6 Å². The molecule has 0 spiro atoms. The lowest BCUT2D eigenvalue weighted by molar-refractivity contribution is -0.140. The molecule has 49 heavy (non-hydrogen) atoms. The molecule has 1 atom stereocenters. The van der Waals surface area contributed by atoms with Crippen molar-refractivity contribution in [3.63, 3.8) is 0 Å². The number of hydrogen-bond acceptors (Lipinski definition) is 4. The predicted octanol–water partition coefficient (Wildman–Crippen LogP) is 7.13. The summed E-state index contributed by atoms with van der Waals surface area (Å²) in [6.45, 7) is -1.11. The Balaban J connectivity index is 1.58. The minimum Gasteiger partial charge on any atom is -0.352 e. The predicted molar refractivity (Wildman–Crippen MR) is 178 cm³/mol. The van der Waals surface area contributed by atoms with E-state index in [1.54, 1.807) is 30.3 Å². The molecule has 0 aliphatic heterocycles. The van der Waals surface area contributed by atoms with E-state index >= 15 is 0 Å². The Morgan fingerprint density at radius 2 is 1.43 bits per heavy atom. The first-order valence-electron chi connectivity index (χ1n) is 16.0. The maximum absolute atomic E-state index is 14.5. The maximum Gasteiger partial charge on any atom is 0.416 e. The minimum absolute atomic E-state index is 0.0708. The highest BCUT2D eigenvalue weighted by atomic mass is 32.2. The molecule has 0 saturated heterocycles. The summed E-state index contributed by atoms with van der Waals surface area (Å²) in [4.78, 5) is 29.6. The van der Waals surface area contributed by atoms with Gasteiger partial charge >= 0.3 is 6.18 Å². The lowest BCUT2D eigenvalue weighted by atomic mass is 9.94. The van der Waals surface area contributed by atoms with E-state index in [0.717, 1.165) is 49.8 Å². The quantitative estimate of drug-likeness (QED) is 0.160. The zero-order valence-electron chi connectivity index (χ0n) is 26.7. The number of carbonyl (C=O) groups excluding carboxylic acids is 2. The van der Waals surface area contributed by atoms with E-state index in [2.05, 4.69) is 5.32 Å². The van der Waals surface area contributed by atoms with Crippen LogP contribution in [-0.4, -0.2) is 43.8 Å². The number of halogens is 4. The smallest absolute Gasteiger partial charge is 0.352 e. The molecule has 0 heterocycles. The van der Waals surface area contributed by atoms with Gasteiger partial charge in [-0.1, -0.05) is 86.0 Å². The third-order valence-corrected chi connectivity index (χ3v) is 10.3. The molecule has 0 aromatic heterocycles.